The van der Waals surface area contributed by atoms with Crippen molar-refractivity contribution in [2.75, 3.05) is 17.7 Å². The number of nitrogens with one attached hydrogen (secondary N) is 2. The lowest BCUT2D eigenvalue weighted by molar-refractivity contribution is 0.342. The maximum atomic E-state index is 5.76. The third kappa shape index (κ3) is 2.38. The molecule has 0 unspecified atom stereocenters. The molecule has 0 aliphatic rings. The fourth-order valence-electron chi connectivity index (χ4n) is 2.07. The number of fused-ring (bicyclic) bond motifs is 1. The van der Waals surface area contributed by atoms with E-state index in [1.54, 1.807) is 0 Å². The molecule has 0 bridgehead atoms. The molecule has 0 aliphatic heterocycles. The molecule has 0 radical (unpaired) electrons. The summed E-state index contributed by atoms with van der Waals surface area (Å²) in [6.45, 7) is 2.58. The van der Waals surface area contributed by atoms with E-state index in [9.17, 15) is 0 Å². The van der Waals surface area contributed by atoms with Crippen molar-refractivity contribution >= 4 is 28.4 Å². The van der Waals surface area contributed by atoms with Crippen LogP contribution in [0.5, 0.6) is 5.75 Å². The van der Waals surface area contributed by atoms with E-state index in [4.69, 9.17) is 10.5 Å². The zero-order valence-electron chi connectivity index (χ0n) is 11.2. The monoisotopic (exact) mass is 268 g/mol. The molecule has 0 saturated heterocycles. The van der Waals surface area contributed by atoms with E-state index in [-0.39, 0.29) is 0 Å². The third-order valence-corrected chi connectivity index (χ3v) is 2.95. The van der Waals surface area contributed by atoms with E-state index in [0.29, 0.717) is 18.2 Å². The van der Waals surface area contributed by atoms with Crippen molar-refractivity contribution in [2.24, 2.45) is 0 Å². The highest BCUT2D eigenvalue weighted by atomic mass is 16.5. The number of aromatic amines is 1. The Morgan fingerprint density at radius 1 is 1.25 bits per heavy atom. The molecular formula is C15H16N4O. The maximum absolute atomic E-state index is 5.76. The largest absolute Gasteiger partial charge is 0.492 e. The van der Waals surface area contributed by atoms with Gasteiger partial charge in [0, 0.05) is 5.69 Å². The van der Waals surface area contributed by atoms with Crippen LogP contribution in [0.15, 0.2) is 42.5 Å². The molecule has 1 aromatic heterocycles. The minimum Gasteiger partial charge on any atom is -0.492 e. The number of para-hydroxylation sites is 2. The van der Waals surface area contributed by atoms with Crippen molar-refractivity contribution in [3.8, 4) is 5.75 Å². The summed E-state index contributed by atoms with van der Waals surface area (Å²) >= 11 is 0. The zero-order chi connectivity index (χ0) is 13.9. The molecule has 5 nitrogen and oxygen atoms in total. The Hall–Kier alpha value is -2.69. The van der Waals surface area contributed by atoms with Gasteiger partial charge in [0.1, 0.15) is 5.75 Å². The molecule has 0 spiro atoms. The van der Waals surface area contributed by atoms with E-state index >= 15 is 0 Å². The lowest BCUT2D eigenvalue weighted by Gasteiger charge is -2.09. The van der Waals surface area contributed by atoms with Crippen molar-refractivity contribution in [1.29, 1.82) is 0 Å². The molecule has 3 rings (SSSR count). The van der Waals surface area contributed by atoms with Crippen LogP contribution < -0.4 is 15.8 Å². The number of imidazole rings is 1. The zero-order valence-corrected chi connectivity index (χ0v) is 11.2. The molecule has 0 aliphatic carbocycles. The van der Waals surface area contributed by atoms with Gasteiger partial charge in [-0.1, -0.05) is 12.1 Å². The van der Waals surface area contributed by atoms with Crippen molar-refractivity contribution in [3.05, 3.63) is 42.5 Å². The second-order valence-electron chi connectivity index (χ2n) is 4.42. The minimum absolute atomic E-state index is 0.620. The first-order valence-corrected chi connectivity index (χ1v) is 6.50. The lowest BCUT2D eigenvalue weighted by atomic mass is 10.3. The summed E-state index contributed by atoms with van der Waals surface area (Å²) in [5.74, 6) is 1.47. The third-order valence-electron chi connectivity index (χ3n) is 2.95. The molecule has 0 saturated carbocycles. The summed E-state index contributed by atoms with van der Waals surface area (Å²) in [5, 5.41) is 3.23. The summed E-state index contributed by atoms with van der Waals surface area (Å²) in [6.07, 6.45) is 0. The Morgan fingerprint density at radius 2 is 2.10 bits per heavy atom. The minimum atomic E-state index is 0.620. The van der Waals surface area contributed by atoms with Gasteiger partial charge in [-0.05, 0) is 37.3 Å². The van der Waals surface area contributed by atoms with Crippen LogP contribution in [0.2, 0.25) is 0 Å². The first kappa shape index (κ1) is 12.3. The number of anilines is 3. The van der Waals surface area contributed by atoms with E-state index in [1.165, 1.54) is 0 Å². The second-order valence-corrected chi connectivity index (χ2v) is 4.42. The van der Waals surface area contributed by atoms with Gasteiger partial charge in [-0.2, -0.15) is 0 Å². The van der Waals surface area contributed by atoms with Gasteiger partial charge in [0.15, 0.2) is 0 Å². The van der Waals surface area contributed by atoms with E-state index in [0.717, 1.165) is 22.5 Å². The number of ether oxygens (including phenoxy) is 1. The molecule has 1 heterocycles. The number of hydrogen-bond acceptors (Lipinski definition) is 4. The molecule has 0 amide bonds. The molecule has 5 heteroatoms. The van der Waals surface area contributed by atoms with Gasteiger partial charge in [-0.15, -0.1) is 0 Å². The van der Waals surface area contributed by atoms with E-state index in [1.807, 2.05) is 49.4 Å². The highest BCUT2D eigenvalue weighted by Crippen LogP contribution is 2.27. The van der Waals surface area contributed by atoms with Crippen LogP contribution in [-0.4, -0.2) is 16.6 Å². The average Bonchev–Trinajstić information content (AvgIpc) is 2.82. The summed E-state index contributed by atoms with van der Waals surface area (Å²) in [5.41, 5.74) is 9.12. The van der Waals surface area contributed by atoms with Gasteiger partial charge in [-0.3, -0.25) is 0 Å². The van der Waals surface area contributed by atoms with Crippen molar-refractivity contribution in [3.63, 3.8) is 0 Å². The van der Waals surface area contributed by atoms with Crippen LogP contribution >= 0.6 is 0 Å². The average molecular weight is 268 g/mol. The normalized spacial score (nSPS) is 10.7. The number of benzene rings is 2. The Labute approximate surface area is 116 Å². The van der Waals surface area contributed by atoms with Gasteiger partial charge >= 0.3 is 0 Å². The summed E-state index contributed by atoms with van der Waals surface area (Å²) in [6, 6.07) is 13.4. The predicted octanol–water partition coefficient (Wildman–Crippen LogP) is 3.29. The molecule has 102 valence electrons. The molecule has 4 N–H and O–H groups in total. The first-order valence-electron chi connectivity index (χ1n) is 6.50. The highest BCUT2D eigenvalue weighted by Gasteiger charge is 2.06. The number of nitrogens with two attached hydrogens (primary N) is 1. The number of rotatable bonds is 4. The van der Waals surface area contributed by atoms with Gasteiger partial charge in [0.2, 0.25) is 5.95 Å². The van der Waals surface area contributed by atoms with Crippen LogP contribution in [0.3, 0.4) is 0 Å². The smallest absolute Gasteiger partial charge is 0.205 e. The summed E-state index contributed by atoms with van der Waals surface area (Å²) < 4.78 is 5.58. The van der Waals surface area contributed by atoms with Crippen LogP contribution in [0.4, 0.5) is 17.3 Å². The molecule has 3 aromatic rings. The molecule has 20 heavy (non-hydrogen) atoms. The van der Waals surface area contributed by atoms with Gasteiger partial charge in [0.25, 0.3) is 0 Å². The predicted molar refractivity (Wildman–Crippen MR) is 81.4 cm³/mol. The molecule has 0 fully saturated rings. The number of aromatic nitrogens is 2. The van der Waals surface area contributed by atoms with Crippen LogP contribution in [-0.2, 0) is 0 Å². The Balaban J connectivity index is 1.93. The first-order chi connectivity index (χ1) is 9.76. The van der Waals surface area contributed by atoms with Crippen molar-refractivity contribution < 1.29 is 4.74 Å². The summed E-state index contributed by atoms with van der Waals surface area (Å²) in [7, 11) is 0. The Morgan fingerprint density at radius 3 is 2.95 bits per heavy atom. The standard InChI is InChI=1S/C15H16N4O/c1-2-20-14-6-4-3-5-12(14)18-15-17-11-8-7-10(16)9-13(11)19-15/h3-9H,2,16H2,1H3,(H2,17,18,19). The fourth-order valence-corrected chi connectivity index (χ4v) is 2.07. The van der Waals surface area contributed by atoms with Crippen molar-refractivity contribution in [2.45, 2.75) is 6.92 Å². The van der Waals surface area contributed by atoms with Crippen molar-refractivity contribution in [1.82, 2.24) is 9.97 Å². The van der Waals surface area contributed by atoms with Gasteiger partial charge in [0.05, 0.1) is 23.3 Å². The fraction of sp³-hybridized carbons (Fsp3) is 0.133. The number of hydrogen-bond donors (Lipinski definition) is 3. The SMILES string of the molecule is CCOc1ccccc1Nc1nc2ccc(N)cc2[nH]1. The number of nitrogens with zero attached hydrogens (tertiary/aromatic N) is 1. The Bertz CT molecular complexity index is 736. The van der Waals surface area contributed by atoms with E-state index < -0.39 is 0 Å². The lowest BCUT2D eigenvalue weighted by Crippen LogP contribution is -1.98. The van der Waals surface area contributed by atoms with Crippen LogP contribution in [0.25, 0.3) is 11.0 Å². The number of H-pyrrole nitrogens is 1. The molecular weight excluding hydrogens is 252 g/mol. The second kappa shape index (κ2) is 5.13. The molecule has 2 aromatic carbocycles. The van der Waals surface area contributed by atoms with E-state index in [2.05, 4.69) is 15.3 Å². The Kier molecular flexibility index (Phi) is 3.16. The quantitative estimate of drug-likeness (QED) is 0.635. The highest BCUT2D eigenvalue weighted by molar-refractivity contribution is 5.81. The van der Waals surface area contributed by atoms with Crippen LogP contribution in [0.1, 0.15) is 6.92 Å². The maximum Gasteiger partial charge on any atom is 0.205 e. The summed E-state index contributed by atoms with van der Waals surface area (Å²) in [4.78, 5) is 7.67. The number of nitrogen functional groups attached to an aromatic ring is 1. The topological polar surface area (TPSA) is 76.0 Å². The van der Waals surface area contributed by atoms with Crippen LogP contribution in [0, 0.1) is 0 Å². The van der Waals surface area contributed by atoms with Gasteiger partial charge in [-0.25, -0.2) is 4.98 Å². The van der Waals surface area contributed by atoms with Gasteiger partial charge < -0.3 is 20.8 Å². The molecule has 0 atom stereocenters.